The molecule has 2 fully saturated rings. The maximum absolute atomic E-state index is 14.1. The number of nitrogens with one attached hydrogen (secondary N) is 1. The van der Waals surface area contributed by atoms with Gasteiger partial charge in [0.2, 0.25) is 23.6 Å². The van der Waals surface area contributed by atoms with Gasteiger partial charge in [-0.3, -0.25) is 24.1 Å². The van der Waals surface area contributed by atoms with E-state index in [9.17, 15) is 19.2 Å². The minimum Gasteiger partial charge on any atom is -0.344 e. The van der Waals surface area contributed by atoms with Crippen LogP contribution in [-0.4, -0.2) is 107 Å². The molecule has 0 saturated carbocycles. The van der Waals surface area contributed by atoms with Crippen LogP contribution in [0.4, 0.5) is 0 Å². The molecule has 0 aromatic heterocycles. The SMILES string of the molecule is CCCN(C)C(=O)[C@@H]1CCCN1C(=O)C(C)=C[C@H](C(C)C)N(C)C(=O)[C@@H](NC(=O)C1CCCCN1C(C)C)C(C)(C)C. The zero-order valence-electron chi connectivity index (χ0n) is 28.3. The number of amides is 4. The van der Waals surface area contributed by atoms with Crippen LogP contribution >= 0.6 is 0 Å². The molecule has 2 heterocycles. The summed E-state index contributed by atoms with van der Waals surface area (Å²) in [5, 5.41) is 3.14. The third-order valence-corrected chi connectivity index (χ3v) is 8.88. The Kier molecular flexibility index (Phi) is 13.1. The minimum absolute atomic E-state index is 0.0130. The highest BCUT2D eigenvalue weighted by Crippen LogP contribution is 2.27. The van der Waals surface area contributed by atoms with Gasteiger partial charge in [0.15, 0.2) is 0 Å². The predicted octanol–water partition coefficient (Wildman–Crippen LogP) is 4.07. The van der Waals surface area contributed by atoms with Crippen molar-refractivity contribution in [3.63, 3.8) is 0 Å². The Morgan fingerprint density at radius 3 is 2.12 bits per heavy atom. The van der Waals surface area contributed by atoms with Crippen LogP contribution in [0.3, 0.4) is 0 Å². The summed E-state index contributed by atoms with van der Waals surface area (Å²) in [6.07, 6.45) is 7.06. The van der Waals surface area contributed by atoms with E-state index in [1.165, 1.54) is 0 Å². The Morgan fingerprint density at radius 1 is 0.952 bits per heavy atom. The maximum atomic E-state index is 14.1. The fraction of sp³-hybridized carbons (Fsp3) is 0.818. The van der Waals surface area contributed by atoms with Crippen LogP contribution in [0.25, 0.3) is 0 Å². The maximum Gasteiger partial charge on any atom is 0.249 e. The van der Waals surface area contributed by atoms with Crippen molar-refractivity contribution in [1.82, 2.24) is 24.9 Å². The molecule has 2 rings (SSSR count). The Balaban J connectivity index is 2.27. The van der Waals surface area contributed by atoms with E-state index in [0.29, 0.717) is 25.1 Å². The molecule has 4 amide bonds. The summed E-state index contributed by atoms with van der Waals surface area (Å²) < 4.78 is 0. The van der Waals surface area contributed by atoms with E-state index in [2.05, 4.69) is 24.1 Å². The average molecular weight is 590 g/mol. The van der Waals surface area contributed by atoms with Crippen molar-refractivity contribution >= 4 is 23.6 Å². The van der Waals surface area contributed by atoms with Gasteiger partial charge in [-0.05, 0) is 70.8 Å². The number of likely N-dealkylation sites (tertiary alicyclic amines) is 2. The van der Waals surface area contributed by atoms with E-state index in [1.54, 1.807) is 35.7 Å². The molecule has 2 aliphatic heterocycles. The lowest BCUT2D eigenvalue weighted by Crippen LogP contribution is -2.60. The largest absolute Gasteiger partial charge is 0.344 e. The van der Waals surface area contributed by atoms with E-state index in [1.807, 2.05) is 47.6 Å². The number of hydrogen-bond donors (Lipinski definition) is 1. The molecule has 0 aromatic rings. The predicted molar refractivity (Wildman–Crippen MR) is 169 cm³/mol. The second-order valence-electron chi connectivity index (χ2n) is 14.1. The van der Waals surface area contributed by atoms with Crippen molar-refractivity contribution in [1.29, 1.82) is 0 Å². The molecular formula is C33H59N5O4. The number of nitrogens with zero attached hydrogens (tertiary/aromatic N) is 4. The summed E-state index contributed by atoms with van der Waals surface area (Å²) >= 11 is 0. The topological polar surface area (TPSA) is 93.3 Å². The molecule has 1 unspecified atom stereocenters. The summed E-state index contributed by atoms with van der Waals surface area (Å²) in [5.41, 5.74) is 0.0135. The fourth-order valence-corrected chi connectivity index (χ4v) is 6.36. The summed E-state index contributed by atoms with van der Waals surface area (Å²) in [6, 6.07) is -1.51. The number of carbonyl (C=O) groups is 4. The van der Waals surface area contributed by atoms with Crippen molar-refractivity contribution in [2.24, 2.45) is 11.3 Å². The first kappa shape index (κ1) is 35.8. The Labute approximate surface area is 255 Å². The third kappa shape index (κ3) is 8.80. The summed E-state index contributed by atoms with van der Waals surface area (Å²) in [5.74, 6) is -0.409. The number of rotatable bonds is 11. The van der Waals surface area contributed by atoms with Crippen molar-refractivity contribution in [2.75, 3.05) is 33.7 Å². The molecule has 2 saturated heterocycles. The van der Waals surface area contributed by atoms with Crippen LogP contribution in [0.5, 0.6) is 0 Å². The van der Waals surface area contributed by atoms with E-state index in [0.717, 1.165) is 38.6 Å². The number of carbonyl (C=O) groups excluding carboxylic acids is 4. The van der Waals surface area contributed by atoms with Gasteiger partial charge in [-0.15, -0.1) is 0 Å². The summed E-state index contributed by atoms with van der Waals surface area (Å²) in [4.78, 5) is 61.6. The first-order valence-electron chi connectivity index (χ1n) is 16.1. The molecule has 0 aliphatic carbocycles. The van der Waals surface area contributed by atoms with Gasteiger partial charge < -0.3 is 20.0 Å². The second-order valence-corrected chi connectivity index (χ2v) is 14.1. The lowest BCUT2D eigenvalue weighted by Gasteiger charge is -2.41. The van der Waals surface area contributed by atoms with Gasteiger partial charge in [-0.2, -0.15) is 0 Å². The normalized spacial score (nSPS) is 21.8. The van der Waals surface area contributed by atoms with Crippen molar-refractivity contribution in [3.05, 3.63) is 11.6 Å². The standard InChI is InChI=1S/C33H59N5O4/c1-12-18-35(10)31(41)26-17-15-20-38(26)30(40)24(6)21-27(22(2)3)36(11)32(42)28(33(7,8)9)34-29(39)25-16-13-14-19-37(25)23(4)5/h21-23,25-28H,12-20H2,1-11H3,(H,34,39)/t25?,26-,27+,28+/m0/s1. The van der Waals surface area contributed by atoms with Crippen LogP contribution in [-0.2, 0) is 19.2 Å². The molecule has 2 aliphatic rings. The monoisotopic (exact) mass is 589 g/mol. The summed E-state index contributed by atoms with van der Waals surface area (Å²) in [7, 11) is 3.55. The molecule has 9 heteroatoms. The molecule has 1 N–H and O–H groups in total. The van der Waals surface area contributed by atoms with Gasteiger partial charge in [0.25, 0.3) is 0 Å². The number of hydrogen-bond acceptors (Lipinski definition) is 5. The molecular weight excluding hydrogens is 530 g/mol. The van der Waals surface area contributed by atoms with E-state index in [4.69, 9.17) is 0 Å². The first-order valence-corrected chi connectivity index (χ1v) is 16.1. The Bertz CT molecular complexity index is 985. The Hall–Kier alpha value is -2.42. The minimum atomic E-state index is -0.716. The van der Waals surface area contributed by atoms with Crippen molar-refractivity contribution in [2.45, 2.75) is 131 Å². The highest BCUT2D eigenvalue weighted by Gasteiger charge is 2.40. The van der Waals surface area contributed by atoms with Gasteiger partial charge in [0.05, 0.1) is 12.1 Å². The quantitative estimate of drug-likeness (QED) is 0.367. The number of piperidine rings is 1. The van der Waals surface area contributed by atoms with E-state index >= 15 is 0 Å². The molecule has 0 bridgehead atoms. The zero-order valence-corrected chi connectivity index (χ0v) is 28.3. The molecule has 9 nitrogen and oxygen atoms in total. The van der Waals surface area contributed by atoms with E-state index < -0.39 is 17.5 Å². The average Bonchev–Trinajstić information content (AvgIpc) is 3.41. The Morgan fingerprint density at radius 2 is 1.57 bits per heavy atom. The highest BCUT2D eigenvalue weighted by molar-refractivity contribution is 5.97. The van der Waals surface area contributed by atoms with Gasteiger partial charge >= 0.3 is 0 Å². The molecule has 4 atom stereocenters. The van der Waals surface area contributed by atoms with Gasteiger partial charge in [0.1, 0.15) is 12.1 Å². The number of likely N-dealkylation sites (N-methyl/N-ethyl adjacent to an activating group) is 2. The van der Waals surface area contributed by atoms with Gasteiger partial charge in [-0.25, -0.2) is 0 Å². The molecule has 0 radical (unpaired) electrons. The van der Waals surface area contributed by atoms with E-state index in [-0.39, 0.29) is 47.7 Å². The first-order chi connectivity index (χ1) is 19.5. The third-order valence-electron chi connectivity index (χ3n) is 8.88. The van der Waals surface area contributed by atoms with Crippen molar-refractivity contribution in [3.8, 4) is 0 Å². The lowest BCUT2D eigenvalue weighted by molar-refractivity contribution is -0.142. The second kappa shape index (κ2) is 15.3. The zero-order chi connectivity index (χ0) is 31.9. The highest BCUT2D eigenvalue weighted by atomic mass is 16.2. The summed E-state index contributed by atoms with van der Waals surface area (Å²) in [6.45, 7) is 20.1. The van der Waals surface area contributed by atoms with Crippen LogP contribution in [0.15, 0.2) is 11.6 Å². The van der Waals surface area contributed by atoms with Gasteiger partial charge in [0, 0.05) is 38.8 Å². The molecule has 42 heavy (non-hydrogen) atoms. The van der Waals surface area contributed by atoms with Crippen LogP contribution in [0.1, 0.15) is 101 Å². The van der Waals surface area contributed by atoms with Crippen LogP contribution in [0.2, 0.25) is 0 Å². The molecule has 0 aromatic carbocycles. The smallest absolute Gasteiger partial charge is 0.249 e. The lowest BCUT2D eigenvalue weighted by atomic mass is 9.84. The van der Waals surface area contributed by atoms with Crippen molar-refractivity contribution < 1.29 is 19.2 Å². The van der Waals surface area contributed by atoms with Gasteiger partial charge in [-0.1, -0.05) is 54.0 Å². The fourth-order valence-electron chi connectivity index (χ4n) is 6.36. The van der Waals surface area contributed by atoms with Crippen LogP contribution < -0.4 is 5.32 Å². The van der Waals surface area contributed by atoms with Crippen LogP contribution in [0, 0.1) is 11.3 Å². The molecule has 240 valence electrons. The molecule has 0 spiro atoms.